The summed E-state index contributed by atoms with van der Waals surface area (Å²) in [5.74, 6) is 0.637. The highest BCUT2D eigenvalue weighted by Gasteiger charge is 2.17. The molecule has 0 unspecified atom stereocenters. The fourth-order valence-electron chi connectivity index (χ4n) is 2.92. The summed E-state index contributed by atoms with van der Waals surface area (Å²) in [6, 6.07) is 1.93. The van der Waals surface area contributed by atoms with Crippen LogP contribution in [0.3, 0.4) is 0 Å². The molecular formula is C16H20N6O. The number of nitrogens with zero attached hydrogens (tertiary/aromatic N) is 5. The smallest absolute Gasteiger partial charge is 0.241 e. The van der Waals surface area contributed by atoms with Crippen LogP contribution in [-0.4, -0.2) is 43.6 Å². The second-order valence-corrected chi connectivity index (χ2v) is 5.93. The number of ether oxygens (including phenoxy) is 1. The standard InChI is InChI=1S/C16H20N6O/c1-21-10-12(8-19-21)14-11-22-15(5-7-18-22)16(20-14)23-13-4-2-3-6-17-9-13/h5,7-8,10-11,13,17H,2-4,6,9H2,1H3/t13-/m0/s1. The third-order valence-electron chi connectivity index (χ3n) is 4.14. The maximum atomic E-state index is 6.21. The molecule has 4 heterocycles. The molecule has 0 radical (unpaired) electrons. The summed E-state index contributed by atoms with van der Waals surface area (Å²) < 4.78 is 9.79. The molecule has 3 aromatic heterocycles. The minimum atomic E-state index is 0.146. The number of hydrogen-bond acceptors (Lipinski definition) is 5. The van der Waals surface area contributed by atoms with Crippen LogP contribution in [0, 0.1) is 0 Å². The van der Waals surface area contributed by atoms with E-state index in [1.807, 2.05) is 30.0 Å². The van der Waals surface area contributed by atoms with E-state index in [4.69, 9.17) is 9.72 Å². The van der Waals surface area contributed by atoms with Gasteiger partial charge in [0.25, 0.3) is 0 Å². The van der Waals surface area contributed by atoms with Crippen molar-refractivity contribution in [3.05, 3.63) is 30.9 Å². The van der Waals surface area contributed by atoms with Gasteiger partial charge in [0.15, 0.2) is 0 Å². The lowest BCUT2D eigenvalue weighted by Crippen LogP contribution is -2.29. The maximum absolute atomic E-state index is 6.21. The second kappa shape index (κ2) is 6.00. The highest BCUT2D eigenvalue weighted by atomic mass is 16.5. The van der Waals surface area contributed by atoms with Crippen molar-refractivity contribution >= 4 is 5.52 Å². The van der Waals surface area contributed by atoms with E-state index in [2.05, 4.69) is 15.5 Å². The van der Waals surface area contributed by atoms with Crippen molar-refractivity contribution in [3.8, 4) is 17.1 Å². The van der Waals surface area contributed by atoms with E-state index >= 15 is 0 Å². The van der Waals surface area contributed by atoms with Gasteiger partial charge in [-0.15, -0.1) is 0 Å². The van der Waals surface area contributed by atoms with Gasteiger partial charge in [-0.3, -0.25) is 4.68 Å². The Morgan fingerprint density at radius 3 is 3.09 bits per heavy atom. The molecule has 0 aliphatic carbocycles. The molecular weight excluding hydrogens is 292 g/mol. The fourth-order valence-corrected chi connectivity index (χ4v) is 2.92. The zero-order valence-corrected chi connectivity index (χ0v) is 13.1. The summed E-state index contributed by atoms with van der Waals surface area (Å²) >= 11 is 0. The molecule has 0 aromatic carbocycles. The quantitative estimate of drug-likeness (QED) is 0.796. The molecule has 3 aromatic rings. The number of hydrogen-bond donors (Lipinski definition) is 1. The Morgan fingerprint density at radius 1 is 1.26 bits per heavy atom. The first-order valence-electron chi connectivity index (χ1n) is 8.00. The Kier molecular flexibility index (Phi) is 3.70. The Balaban J connectivity index is 1.70. The Labute approximate surface area is 134 Å². The Bertz CT molecular complexity index is 800. The summed E-state index contributed by atoms with van der Waals surface area (Å²) in [5, 5.41) is 12.0. The monoisotopic (exact) mass is 312 g/mol. The molecule has 1 aliphatic heterocycles. The molecule has 23 heavy (non-hydrogen) atoms. The molecule has 1 fully saturated rings. The molecule has 4 rings (SSSR count). The zero-order chi connectivity index (χ0) is 15.6. The van der Waals surface area contributed by atoms with E-state index < -0.39 is 0 Å². The molecule has 0 spiro atoms. The van der Waals surface area contributed by atoms with E-state index in [0.29, 0.717) is 5.88 Å². The van der Waals surface area contributed by atoms with E-state index in [9.17, 15) is 0 Å². The van der Waals surface area contributed by atoms with Gasteiger partial charge in [0.05, 0.1) is 24.3 Å². The molecule has 1 saturated heterocycles. The first-order valence-corrected chi connectivity index (χ1v) is 8.00. The van der Waals surface area contributed by atoms with Gasteiger partial charge in [-0.25, -0.2) is 9.50 Å². The Morgan fingerprint density at radius 2 is 2.22 bits per heavy atom. The van der Waals surface area contributed by atoms with Gasteiger partial charge in [0, 0.05) is 25.4 Å². The molecule has 7 nitrogen and oxygen atoms in total. The van der Waals surface area contributed by atoms with E-state index in [1.165, 1.54) is 12.8 Å². The number of nitrogens with one attached hydrogen (secondary N) is 1. The molecule has 1 aliphatic rings. The SMILES string of the molecule is Cn1cc(-c2cn3nccc3c(O[C@H]3CCCCNC3)n2)cn1. The molecule has 1 N–H and O–H groups in total. The lowest BCUT2D eigenvalue weighted by molar-refractivity contribution is 0.188. The van der Waals surface area contributed by atoms with Crippen LogP contribution in [0.25, 0.3) is 16.8 Å². The third-order valence-corrected chi connectivity index (χ3v) is 4.14. The van der Waals surface area contributed by atoms with Gasteiger partial charge in [0.1, 0.15) is 11.6 Å². The van der Waals surface area contributed by atoms with Gasteiger partial charge >= 0.3 is 0 Å². The van der Waals surface area contributed by atoms with E-state index in [1.54, 1.807) is 17.1 Å². The van der Waals surface area contributed by atoms with Gasteiger partial charge in [-0.2, -0.15) is 10.2 Å². The van der Waals surface area contributed by atoms with Crippen LogP contribution in [0.2, 0.25) is 0 Å². The van der Waals surface area contributed by atoms with Gasteiger partial charge < -0.3 is 10.1 Å². The molecule has 1 atom stereocenters. The van der Waals surface area contributed by atoms with Crippen LogP contribution in [0.4, 0.5) is 0 Å². The average Bonchev–Trinajstić information content (AvgIpc) is 3.11. The number of aromatic nitrogens is 5. The van der Waals surface area contributed by atoms with Crippen LogP contribution in [0.5, 0.6) is 5.88 Å². The summed E-state index contributed by atoms with van der Waals surface area (Å²) in [6.07, 6.45) is 11.0. The number of fused-ring (bicyclic) bond motifs is 1. The van der Waals surface area contributed by atoms with Crippen molar-refractivity contribution < 1.29 is 4.74 Å². The van der Waals surface area contributed by atoms with Crippen molar-refractivity contribution in [1.82, 2.24) is 29.7 Å². The maximum Gasteiger partial charge on any atom is 0.241 e. The fraction of sp³-hybridized carbons (Fsp3) is 0.438. The van der Waals surface area contributed by atoms with Crippen LogP contribution in [-0.2, 0) is 7.05 Å². The molecule has 0 bridgehead atoms. The first kappa shape index (κ1) is 14.2. The van der Waals surface area contributed by atoms with Crippen LogP contribution in [0.15, 0.2) is 30.9 Å². The van der Waals surface area contributed by atoms with Crippen molar-refractivity contribution in [2.24, 2.45) is 7.05 Å². The zero-order valence-electron chi connectivity index (χ0n) is 13.1. The van der Waals surface area contributed by atoms with Crippen molar-refractivity contribution in [3.63, 3.8) is 0 Å². The molecule has 120 valence electrons. The third kappa shape index (κ3) is 2.92. The van der Waals surface area contributed by atoms with E-state index in [-0.39, 0.29) is 6.10 Å². The lowest BCUT2D eigenvalue weighted by atomic mass is 10.2. The summed E-state index contributed by atoms with van der Waals surface area (Å²) in [6.45, 7) is 1.92. The minimum Gasteiger partial charge on any atom is -0.471 e. The van der Waals surface area contributed by atoms with Crippen LogP contribution >= 0.6 is 0 Å². The highest BCUT2D eigenvalue weighted by Crippen LogP contribution is 2.25. The van der Waals surface area contributed by atoms with Gasteiger partial charge in [-0.05, 0) is 31.9 Å². The van der Waals surface area contributed by atoms with Crippen LogP contribution < -0.4 is 10.1 Å². The molecule has 0 saturated carbocycles. The lowest BCUT2D eigenvalue weighted by Gasteiger charge is -2.17. The summed E-state index contributed by atoms with van der Waals surface area (Å²) in [7, 11) is 1.89. The molecule has 0 amide bonds. The van der Waals surface area contributed by atoms with Crippen molar-refractivity contribution in [1.29, 1.82) is 0 Å². The van der Waals surface area contributed by atoms with Gasteiger partial charge in [-0.1, -0.05) is 0 Å². The number of aryl methyl sites for hydroxylation is 1. The van der Waals surface area contributed by atoms with E-state index in [0.717, 1.165) is 36.3 Å². The largest absolute Gasteiger partial charge is 0.471 e. The van der Waals surface area contributed by atoms with Crippen LogP contribution in [0.1, 0.15) is 19.3 Å². The highest BCUT2D eigenvalue weighted by molar-refractivity contribution is 5.63. The van der Waals surface area contributed by atoms with Gasteiger partial charge in [0.2, 0.25) is 5.88 Å². The average molecular weight is 312 g/mol. The predicted octanol–water partition coefficient (Wildman–Crippen LogP) is 1.65. The predicted molar refractivity (Wildman–Crippen MR) is 86.3 cm³/mol. The van der Waals surface area contributed by atoms with Crippen molar-refractivity contribution in [2.45, 2.75) is 25.4 Å². The normalized spacial score (nSPS) is 18.9. The first-order chi connectivity index (χ1) is 11.3. The topological polar surface area (TPSA) is 69.3 Å². The second-order valence-electron chi connectivity index (χ2n) is 5.93. The summed E-state index contributed by atoms with van der Waals surface area (Å²) in [4.78, 5) is 4.72. The molecule has 7 heteroatoms. The van der Waals surface area contributed by atoms with Crippen molar-refractivity contribution in [2.75, 3.05) is 13.1 Å². The summed E-state index contributed by atoms with van der Waals surface area (Å²) in [5.41, 5.74) is 2.65. The Hall–Kier alpha value is -2.41. The number of rotatable bonds is 3. The minimum absolute atomic E-state index is 0.146.